The van der Waals surface area contributed by atoms with E-state index in [1.54, 1.807) is 0 Å². The predicted molar refractivity (Wildman–Crippen MR) is 85.4 cm³/mol. The lowest BCUT2D eigenvalue weighted by atomic mass is 9.77. The summed E-state index contributed by atoms with van der Waals surface area (Å²) in [6.07, 6.45) is 0.0473. The molecule has 0 unspecified atom stereocenters. The molecule has 0 radical (unpaired) electrons. The van der Waals surface area contributed by atoms with Crippen LogP contribution < -0.4 is 0 Å². The summed E-state index contributed by atoms with van der Waals surface area (Å²) >= 11 is 0. The third-order valence-corrected chi connectivity index (χ3v) is 3.98. The molecule has 0 atom stereocenters. The standard InChI is InChI=1S/C19H20O3/c1-14(20)18(15(2)21)13-19(22,16-9-5-3-6-10-16)17-11-7-4-8-12-17/h3-12,18,22H,13H2,1-2H3. The van der Waals surface area contributed by atoms with Gasteiger partial charge in [-0.05, 0) is 25.0 Å². The Labute approximate surface area is 130 Å². The fourth-order valence-corrected chi connectivity index (χ4v) is 2.70. The van der Waals surface area contributed by atoms with E-state index in [9.17, 15) is 14.7 Å². The van der Waals surface area contributed by atoms with E-state index < -0.39 is 11.5 Å². The molecule has 0 fully saturated rings. The van der Waals surface area contributed by atoms with Gasteiger partial charge in [-0.25, -0.2) is 0 Å². The van der Waals surface area contributed by atoms with E-state index in [1.165, 1.54) is 13.8 Å². The van der Waals surface area contributed by atoms with Crippen LogP contribution in [0.5, 0.6) is 0 Å². The van der Waals surface area contributed by atoms with Gasteiger partial charge in [-0.3, -0.25) is 9.59 Å². The van der Waals surface area contributed by atoms with E-state index >= 15 is 0 Å². The molecular formula is C19H20O3. The highest BCUT2D eigenvalue weighted by Gasteiger charge is 2.37. The summed E-state index contributed by atoms with van der Waals surface area (Å²) in [4.78, 5) is 23.6. The number of Topliss-reactive ketones (excluding diaryl/α,β-unsaturated/α-hetero) is 2. The van der Waals surface area contributed by atoms with E-state index in [0.717, 1.165) is 0 Å². The summed E-state index contributed by atoms with van der Waals surface area (Å²) in [5.74, 6) is -1.26. The average molecular weight is 296 g/mol. The van der Waals surface area contributed by atoms with Crippen LogP contribution in [0.4, 0.5) is 0 Å². The van der Waals surface area contributed by atoms with Gasteiger partial charge >= 0.3 is 0 Å². The first-order valence-corrected chi connectivity index (χ1v) is 7.29. The lowest BCUT2D eigenvalue weighted by molar-refractivity contribution is -0.132. The predicted octanol–water partition coefficient (Wildman–Crippen LogP) is 3.11. The molecule has 2 aromatic rings. The van der Waals surface area contributed by atoms with Gasteiger partial charge < -0.3 is 5.11 Å². The van der Waals surface area contributed by atoms with Crippen molar-refractivity contribution in [2.45, 2.75) is 25.9 Å². The maximum atomic E-state index is 11.8. The topological polar surface area (TPSA) is 54.4 Å². The normalized spacial score (nSPS) is 11.5. The van der Waals surface area contributed by atoms with E-state index in [4.69, 9.17) is 0 Å². The van der Waals surface area contributed by atoms with Crippen molar-refractivity contribution >= 4 is 11.6 Å². The maximum Gasteiger partial charge on any atom is 0.140 e. The highest BCUT2D eigenvalue weighted by atomic mass is 16.3. The molecule has 0 saturated carbocycles. The monoisotopic (exact) mass is 296 g/mol. The van der Waals surface area contributed by atoms with Crippen LogP contribution in [0.25, 0.3) is 0 Å². The van der Waals surface area contributed by atoms with Gasteiger partial charge in [0, 0.05) is 6.42 Å². The van der Waals surface area contributed by atoms with Gasteiger partial charge in [-0.2, -0.15) is 0 Å². The molecule has 0 saturated heterocycles. The zero-order valence-corrected chi connectivity index (χ0v) is 12.8. The second-order valence-electron chi connectivity index (χ2n) is 5.57. The molecule has 0 aliphatic carbocycles. The zero-order chi connectivity index (χ0) is 16.2. The number of carbonyl (C=O) groups is 2. The Hall–Kier alpha value is -2.26. The van der Waals surface area contributed by atoms with Crippen molar-refractivity contribution in [2.75, 3.05) is 0 Å². The first-order chi connectivity index (χ1) is 10.4. The van der Waals surface area contributed by atoms with Gasteiger partial charge in [0.1, 0.15) is 17.2 Å². The summed E-state index contributed by atoms with van der Waals surface area (Å²) in [6, 6.07) is 18.3. The minimum absolute atomic E-state index is 0.0473. The van der Waals surface area contributed by atoms with Gasteiger partial charge in [0.25, 0.3) is 0 Å². The van der Waals surface area contributed by atoms with Crippen LogP contribution in [0.15, 0.2) is 60.7 Å². The number of benzene rings is 2. The van der Waals surface area contributed by atoms with E-state index in [-0.39, 0.29) is 18.0 Å². The molecule has 0 heterocycles. The fraction of sp³-hybridized carbons (Fsp3) is 0.263. The zero-order valence-electron chi connectivity index (χ0n) is 12.8. The van der Waals surface area contributed by atoms with Gasteiger partial charge in [0.2, 0.25) is 0 Å². The Morgan fingerprint density at radius 1 is 0.864 bits per heavy atom. The molecule has 0 spiro atoms. The van der Waals surface area contributed by atoms with Gasteiger partial charge in [-0.15, -0.1) is 0 Å². The number of rotatable bonds is 6. The van der Waals surface area contributed by atoms with E-state index in [0.29, 0.717) is 11.1 Å². The molecule has 0 aromatic heterocycles. The van der Waals surface area contributed by atoms with Crippen molar-refractivity contribution in [1.29, 1.82) is 0 Å². The summed E-state index contributed by atoms with van der Waals surface area (Å²) in [5.41, 5.74) is -0.0211. The molecule has 1 N–H and O–H groups in total. The molecule has 3 heteroatoms. The van der Waals surface area contributed by atoms with Crippen LogP contribution in [-0.4, -0.2) is 16.7 Å². The van der Waals surface area contributed by atoms with Crippen LogP contribution in [0, 0.1) is 5.92 Å². The van der Waals surface area contributed by atoms with Gasteiger partial charge in [-0.1, -0.05) is 60.7 Å². The summed E-state index contributed by atoms with van der Waals surface area (Å²) in [6.45, 7) is 2.78. The first kappa shape index (κ1) is 16.1. The number of aliphatic hydroxyl groups is 1. The summed E-state index contributed by atoms with van der Waals surface area (Å²) < 4.78 is 0. The minimum Gasteiger partial charge on any atom is -0.380 e. The number of carbonyl (C=O) groups excluding carboxylic acids is 2. The summed E-state index contributed by atoms with van der Waals surface area (Å²) in [7, 11) is 0. The molecule has 0 aliphatic rings. The highest BCUT2D eigenvalue weighted by molar-refractivity contribution is 6.00. The molecular weight excluding hydrogens is 276 g/mol. The SMILES string of the molecule is CC(=O)C(CC(O)(c1ccccc1)c1ccccc1)C(C)=O. The Kier molecular flexibility index (Phi) is 4.88. The van der Waals surface area contributed by atoms with E-state index in [2.05, 4.69) is 0 Å². The number of ketones is 2. The smallest absolute Gasteiger partial charge is 0.140 e. The van der Waals surface area contributed by atoms with Crippen molar-refractivity contribution in [2.24, 2.45) is 5.92 Å². The molecule has 0 aliphatic heterocycles. The Morgan fingerprint density at radius 2 is 1.23 bits per heavy atom. The van der Waals surface area contributed by atoms with Crippen molar-refractivity contribution < 1.29 is 14.7 Å². The van der Waals surface area contributed by atoms with Crippen LogP contribution in [0.3, 0.4) is 0 Å². The van der Waals surface area contributed by atoms with Gasteiger partial charge in [0.15, 0.2) is 0 Å². The lowest BCUT2D eigenvalue weighted by Crippen LogP contribution is -2.34. The van der Waals surface area contributed by atoms with E-state index in [1.807, 2.05) is 60.7 Å². The first-order valence-electron chi connectivity index (χ1n) is 7.29. The molecule has 0 amide bonds. The molecule has 22 heavy (non-hydrogen) atoms. The van der Waals surface area contributed by atoms with Crippen molar-refractivity contribution in [3.8, 4) is 0 Å². The van der Waals surface area contributed by atoms with Crippen LogP contribution >= 0.6 is 0 Å². The van der Waals surface area contributed by atoms with Gasteiger partial charge in [0.05, 0.1) is 5.92 Å². The molecule has 0 bridgehead atoms. The molecule has 2 rings (SSSR count). The van der Waals surface area contributed by atoms with Crippen molar-refractivity contribution in [3.05, 3.63) is 71.8 Å². The average Bonchev–Trinajstić information content (AvgIpc) is 2.53. The molecule has 3 nitrogen and oxygen atoms in total. The summed E-state index contributed by atoms with van der Waals surface area (Å²) in [5, 5.41) is 11.3. The van der Waals surface area contributed by atoms with Crippen molar-refractivity contribution in [1.82, 2.24) is 0 Å². The molecule has 114 valence electrons. The highest BCUT2D eigenvalue weighted by Crippen LogP contribution is 2.36. The van der Waals surface area contributed by atoms with Crippen molar-refractivity contribution in [3.63, 3.8) is 0 Å². The third-order valence-electron chi connectivity index (χ3n) is 3.98. The second kappa shape index (κ2) is 6.67. The second-order valence-corrected chi connectivity index (χ2v) is 5.57. The lowest BCUT2D eigenvalue weighted by Gasteiger charge is -2.31. The third kappa shape index (κ3) is 3.31. The quantitative estimate of drug-likeness (QED) is 0.833. The Balaban J connectivity index is 2.52. The number of hydrogen-bond acceptors (Lipinski definition) is 3. The van der Waals surface area contributed by atoms with Crippen LogP contribution in [0.2, 0.25) is 0 Å². The largest absolute Gasteiger partial charge is 0.380 e. The maximum absolute atomic E-state index is 11.8. The Morgan fingerprint density at radius 3 is 1.55 bits per heavy atom. The van der Waals surface area contributed by atoms with Crippen LogP contribution in [-0.2, 0) is 15.2 Å². The number of hydrogen-bond donors (Lipinski definition) is 1. The van der Waals surface area contributed by atoms with Crippen LogP contribution in [0.1, 0.15) is 31.4 Å². The molecule has 2 aromatic carbocycles. The fourth-order valence-electron chi connectivity index (χ4n) is 2.70. The minimum atomic E-state index is -1.37. The Bertz CT molecular complexity index is 593.